The SMILES string of the molecule is C#CCn1c(C(C)NC(=O)c2cccc(Br)c2)nc2ccccc21. The van der Waals surface area contributed by atoms with Crippen LogP contribution in [0.3, 0.4) is 0 Å². The third-order valence-corrected chi connectivity index (χ3v) is 4.25. The highest BCUT2D eigenvalue weighted by Crippen LogP contribution is 2.21. The molecule has 1 aromatic heterocycles. The van der Waals surface area contributed by atoms with Gasteiger partial charge in [-0.25, -0.2) is 4.98 Å². The third-order valence-electron chi connectivity index (χ3n) is 3.76. The molecule has 1 atom stereocenters. The smallest absolute Gasteiger partial charge is 0.251 e. The Morgan fingerprint density at radius 2 is 2.12 bits per heavy atom. The first-order valence-corrected chi connectivity index (χ1v) is 8.34. The average molecular weight is 382 g/mol. The van der Waals surface area contributed by atoms with Crippen molar-refractivity contribution in [1.29, 1.82) is 0 Å². The molecule has 0 saturated carbocycles. The number of amides is 1. The van der Waals surface area contributed by atoms with Gasteiger partial charge in [0, 0.05) is 10.0 Å². The van der Waals surface area contributed by atoms with Crippen molar-refractivity contribution < 1.29 is 4.79 Å². The predicted octanol–water partition coefficient (Wildman–Crippen LogP) is 3.92. The van der Waals surface area contributed by atoms with E-state index in [0.29, 0.717) is 12.1 Å². The monoisotopic (exact) mass is 381 g/mol. The van der Waals surface area contributed by atoms with Gasteiger partial charge in [-0.1, -0.05) is 40.0 Å². The summed E-state index contributed by atoms with van der Waals surface area (Å²) in [6, 6.07) is 14.8. The summed E-state index contributed by atoms with van der Waals surface area (Å²) in [6.07, 6.45) is 5.50. The van der Waals surface area contributed by atoms with Crippen molar-refractivity contribution in [3.8, 4) is 12.3 Å². The zero-order chi connectivity index (χ0) is 17.1. The molecule has 5 heteroatoms. The predicted molar refractivity (Wildman–Crippen MR) is 98.6 cm³/mol. The first-order valence-electron chi connectivity index (χ1n) is 7.55. The van der Waals surface area contributed by atoms with Gasteiger partial charge in [-0.15, -0.1) is 6.42 Å². The van der Waals surface area contributed by atoms with E-state index in [4.69, 9.17) is 6.42 Å². The molecule has 0 aliphatic rings. The van der Waals surface area contributed by atoms with E-state index in [1.807, 2.05) is 47.9 Å². The maximum Gasteiger partial charge on any atom is 0.251 e. The number of nitrogens with zero attached hydrogens (tertiary/aromatic N) is 2. The molecule has 0 aliphatic heterocycles. The van der Waals surface area contributed by atoms with Crippen molar-refractivity contribution in [2.75, 3.05) is 0 Å². The summed E-state index contributed by atoms with van der Waals surface area (Å²) in [6.45, 7) is 2.32. The summed E-state index contributed by atoms with van der Waals surface area (Å²) in [5.41, 5.74) is 2.43. The number of rotatable bonds is 4. The number of terminal acetylenes is 1. The Kier molecular flexibility index (Phi) is 4.68. The summed E-state index contributed by atoms with van der Waals surface area (Å²) in [5, 5.41) is 2.99. The van der Waals surface area contributed by atoms with Crippen molar-refractivity contribution in [2.45, 2.75) is 19.5 Å². The highest BCUT2D eigenvalue weighted by atomic mass is 79.9. The number of hydrogen-bond acceptors (Lipinski definition) is 2. The molecule has 1 heterocycles. The Labute approximate surface area is 149 Å². The zero-order valence-electron chi connectivity index (χ0n) is 13.2. The molecule has 24 heavy (non-hydrogen) atoms. The van der Waals surface area contributed by atoms with Crippen molar-refractivity contribution in [1.82, 2.24) is 14.9 Å². The lowest BCUT2D eigenvalue weighted by Crippen LogP contribution is -2.28. The highest BCUT2D eigenvalue weighted by Gasteiger charge is 2.18. The number of carbonyl (C=O) groups is 1. The molecule has 1 N–H and O–H groups in total. The molecule has 3 aromatic rings. The second-order valence-corrected chi connectivity index (χ2v) is 6.37. The molecule has 4 nitrogen and oxygen atoms in total. The topological polar surface area (TPSA) is 46.9 Å². The molecule has 0 aliphatic carbocycles. The van der Waals surface area contributed by atoms with Crippen LogP contribution in [0.25, 0.3) is 11.0 Å². The number of carbonyl (C=O) groups excluding carboxylic acids is 1. The fraction of sp³-hybridized carbons (Fsp3) is 0.158. The van der Waals surface area contributed by atoms with Crippen LogP contribution in [0.15, 0.2) is 53.0 Å². The lowest BCUT2D eigenvalue weighted by Gasteiger charge is -2.15. The van der Waals surface area contributed by atoms with E-state index >= 15 is 0 Å². The van der Waals surface area contributed by atoms with E-state index in [1.54, 1.807) is 12.1 Å². The molecule has 0 spiro atoms. The van der Waals surface area contributed by atoms with Crippen LogP contribution in [0.1, 0.15) is 29.1 Å². The summed E-state index contributed by atoms with van der Waals surface area (Å²) in [5.74, 6) is 3.25. The van der Waals surface area contributed by atoms with Crippen LogP contribution in [0.2, 0.25) is 0 Å². The van der Waals surface area contributed by atoms with Crippen molar-refractivity contribution in [3.05, 3.63) is 64.4 Å². The van der Waals surface area contributed by atoms with Gasteiger partial charge in [-0.3, -0.25) is 4.79 Å². The van der Waals surface area contributed by atoms with Crippen LogP contribution in [0, 0.1) is 12.3 Å². The number of benzene rings is 2. The second-order valence-electron chi connectivity index (χ2n) is 5.45. The molecule has 0 bridgehead atoms. The first-order chi connectivity index (χ1) is 11.6. The molecule has 2 aromatic carbocycles. The maximum atomic E-state index is 12.5. The van der Waals surface area contributed by atoms with E-state index in [9.17, 15) is 4.79 Å². The Balaban J connectivity index is 1.91. The number of para-hydroxylation sites is 2. The number of imidazole rings is 1. The normalized spacial score (nSPS) is 11.9. The van der Waals surface area contributed by atoms with Gasteiger partial charge in [-0.05, 0) is 37.3 Å². The van der Waals surface area contributed by atoms with E-state index in [2.05, 4.69) is 32.2 Å². The average Bonchev–Trinajstić information content (AvgIpc) is 2.94. The Morgan fingerprint density at radius 1 is 1.33 bits per heavy atom. The maximum absolute atomic E-state index is 12.5. The van der Waals surface area contributed by atoms with Gasteiger partial charge in [-0.2, -0.15) is 0 Å². The minimum absolute atomic E-state index is 0.150. The molecule has 1 amide bonds. The summed E-state index contributed by atoms with van der Waals surface area (Å²) < 4.78 is 2.82. The largest absolute Gasteiger partial charge is 0.342 e. The minimum Gasteiger partial charge on any atom is -0.342 e. The van der Waals surface area contributed by atoms with E-state index < -0.39 is 0 Å². The molecule has 3 rings (SSSR count). The van der Waals surface area contributed by atoms with Gasteiger partial charge in [0.05, 0.1) is 23.6 Å². The first kappa shape index (κ1) is 16.3. The van der Waals surface area contributed by atoms with Gasteiger partial charge in [0.1, 0.15) is 5.82 Å². The van der Waals surface area contributed by atoms with Crippen molar-refractivity contribution in [3.63, 3.8) is 0 Å². The minimum atomic E-state index is -0.266. The number of aromatic nitrogens is 2. The van der Waals surface area contributed by atoms with Crippen LogP contribution in [-0.4, -0.2) is 15.5 Å². The standard InChI is InChI=1S/C19H16BrN3O/c1-3-11-23-17-10-5-4-9-16(17)22-18(23)13(2)21-19(24)14-7-6-8-15(20)12-14/h1,4-10,12-13H,11H2,2H3,(H,21,24). The molecule has 1 unspecified atom stereocenters. The number of hydrogen-bond donors (Lipinski definition) is 1. The fourth-order valence-electron chi connectivity index (χ4n) is 2.66. The molecular weight excluding hydrogens is 366 g/mol. The van der Waals surface area contributed by atoms with Crippen LogP contribution in [0.4, 0.5) is 0 Å². The highest BCUT2D eigenvalue weighted by molar-refractivity contribution is 9.10. The van der Waals surface area contributed by atoms with Crippen molar-refractivity contribution >= 4 is 32.9 Å². The number of halogens is 1. The van der Waals surface area contributed by atoms with Crippen molar-refractivity contribution in [2.24, 2.45) is 0 Å². The van der Waals surface area contributed by atoms with Gasteiger partial charge in [0.25, 0.3) is 5.91 Å². The van der Waals surface area contributed by atoms with Gasteiger partial charge in [0.15, 0.2) is 0 Å². The lowest BCUT2D eigenvalue weighted by atomic mass is 10.2. The molecule has 0 saturated heterocycles. The van der Waals surface area contributed by atoms with Crippen LogP contribution in [0.5, 0.6) is 0 Å². The zero-order valence-corrected chi connectivity index (χ0v) is 14.7. The molecule has 0 radical (unpaired) electrons. The molecule has 0 fully saturated rings. The Bertz CT molecular complexity index is 939. The van der Waals surface area contributed by atoms with E-state index in [0.717, 1.165) is 21.3 Å². The van der Waals surface area contributed by atoms with Crippen LogP contribution < -0.4 is 5.32 Å². The van der Waals surface area contributed by atoms with Gasteiger partial charge >= 0.3 is 0 Å². The number of fused-ring (bicyclic) bond motifs is 1. The fourth-order valence-corrected chi connectivity index (χ4v) is 3.06. The van der Waals surface area contributed by atoms with Crippen LogP contribution in [-0.2, 0) is 6.54 Å². The van der Waals surface area contributed by atoms with Gasteiger partial charge in [0.2, 0.25) is 0 Å². The lowest BCUT2D eigenvalue weighted by molar-refractivity contribution is 0.0937. The molecule has 120 valence electrons. The summed E-state index contributed by atoms with van der Waals surface area (Å²) in [4.78, 5) is 17.1. The van der Waals surface area contributed by atoms with Gasteiger partial charge < -0.3 is 9.88 Å². The van der Waals surface area contributed by atoms with Crippen LogP contribution >= 0.6 is 15.9 Å². The quantitative estimate of drug-likeness (QED) is 0.696. The summed E-state index contributed by atoms with van der Waals surface area (Å²) >= 11 is 3.38. The van der Waals surface area contributed by atoms with E-state index in [1.165, 1.54) is 0 Å². The Morgan fingerprint density at radius 3 is 2.88 bits per heavy atom. The summed E-state index contributed by atoms with van der Waals surface area (Å²) in [7, 11) is 0. The second kappa shape index (κ2) is 6.90. The molecular formula is C19H16BrN3O. The Hall–Kier alpha value is -2.58. The number of nitrogens with one attached hydrogen (secondary N) is 1. The third kappa shape index (κ3) is 3.19. The van der Waals surface area contributed by atoms with E-state index in [-0.39, 0.29) is 11.9 Å².